The van der Waals surface area contributed by atoms with Crippen molar-refractivity contribution in [2.45, 2.75) is 78.3 Å². The van der Waals surface area contributed by atoms with E-state index in [-0.39, 0.29) is 5.54 Å². The maximum atomic E-state index is 6.13. The molecule has 110 valence electrons. The van der Waals surface area contributed by atoms with Crippen LogP contribution >= 0.6 is 0 Å². The van der Waals surface area contributed by atoms with Crippen LogP contribution in [-0.2, 0) is 0 Å². The van der Waals surface area contributed by atoms with Crippen LogP contribution in [0.5, 0.6) is 0 Å². The minimum absolute atomic E-state index is 0.220. The molecule has 1 aliphatic heterocycles. The van der Waals surface area contributed by atoms with Gasteiger partial charge in [0, 0.05) is 6.04 Å². The van der Waals surface area contributed by atoms with E-state index in [2.05, 4.69) is 44.5 Å². The first-order valence-electron chi connectivity index (χ1n) is 7.85. The Kier molecular flexibility index (Phi) is 3.85. The van der Waals surface area contributed by atoms with E-state index in [1.165, 1.54) is 32.1 Å². The number of nitrogens with two attached hydrogens (primary N) is 1. The molecule has 0 radical (unpaired) electrons. The van der Waals surface area contributed by atoms with E-state index in [0.29, 0.717) is 11.5 Å². The van der Waals surface area contributed by atoms with Gasteiger partial charge in [0.2, 0.25) is 0 Å². The molecular formula is C16H31N3. The summed E-state index contributed by atoms with van der Waals surface area (Å²) in [6.45, 7) is 12.5. The van der Waals surface area contributed by atoms with Gasteiger partial charge < -0.3 is 10.6 Å². The molecule has 2 rings (SSSR count). The van der Waals surface area contributed by atoms with Crippen molar-refractivity contribution in [1.29, 1.82) is 0 Å². The lowest BCUT2D eigenvalue weighted by molar-refractivity contribution is 0.136. The number of nitrogens with zero attached hydrogens (tertiary/aromatic N) is 2. The molecule has 1 heterocycles. The lowest BCUT2D eigenvalue weighted by atomic mass is 9.76. The average Bonchev–Trinajstić information content (AvgIpc) is 2.45. The SMILES string of the molecule is CC(C)N1C(N)=NCC12CCCC(C(C)(C)C)CC2. The molecule has 2 atom stereocenters. The van der Waals surface area contributed by atoms with Crippen LogP contribution in [-0.4, -0.2) is 29.0 Å². The van der Waals surface area contributed by atoms with Gasteiger partial charge in [-0.3, -0.25) is 4.99 Å². The fourth-order valence-electron chi connectivity index (χ4n) is 4.09. The number of hydrogen-bond donors (Lipinski definition) is 1. The molecule has 1 saturated carbocycles. The third-order valence-electron chi connectivity index (χ3n) is 5.19. The minimum atomic E-state index is 0.220. The van der Waals surface area contributed by atoms with Crippen molar-refractivity contribution in [3.63, 3.8) is 0 Å². The molecule has 0 aromatic rings. The zero-order valence-corrected chi connectivity index (χ0v) is 13.4. The highest BCUT2D eigenvalue weighted by molar-refractivity contribution is 5.81. The highest BCUT2D eigenvalue weighted by Crippen LogP contribution is 2.43. The Morgan fingerprint density at radius 3 is 2.53 bits per heavy atom. The maximum absolute atomic E-state index is 6.13. The first-order chi connectivity index (χ1) is 8.76. The fourth-order valence-corrected chi connectivity index (χ4v) is 4.09. The largest absolute Gasteiger partial charge is 0.370 e. The molecule has 3 nitrogen and oxygen atoms in total. The molecule has 19 heavy (non-hydrogen) atoms. The van der Waals surface area contributed by atoms with Crippen LogP contribution in [0.2, 0.25) is 0 Å². The first kappa shape index (κ1) is 14.7. The topological polar surface area (TPSA) is 41.6 Å². The lowest BCUT2D eigenvalue weighted by Crippen LogP contribution is -2.54. The van der Waals surface area contributed by atoms with Gasteiger partial charge in [-0.25, -0.2) is 0 Å². The molecule has 0 aromatic heterocycles. The van der Waals surface area contributed by atoms with Crippen LogP contribution in [0.3, 0.4) is 0 Å². The zero-order valence-electron chi connectivity index (χ0n) is 13.4. The summed E-state index contributed by atoms with van der Waals surface area (Å²) in [5.41, 5.74) is 6.78. The van der Waals surface area contributed by atoms with Crippen molar-refractivity contribution in [3.8, 4) is 0 Å². The second-order valence-corrected chi connectivity index (χ2v) is 7.86. The molecular weight excluding hydrogens is 234 g/mol. The zero-order chi connectivity index (χ0) is 14.3. The molecule has 1 aliphatic carbocycles. The summed E-state index contributed by atoms with van der Waals surface area (Å²) in [6.07, 6.45) is 6.49. The normalized spacial score (nSPS) is 32.8. The summed E-state index contributed by atoms with van der Waals surface area (Å²) in [4.78, 5) is 6.97. The van der Waals surface area contributed by atoms with Crippen LogP contribution in [0, 0.1) is 11.3 Å². The van der Waals surface area contributed by atoms with E-state index in [1.54, 1.807) is 0 Å². The third kappa shape index (κ3) is 2.75. The average molecular weight is 265 g/mol. The van der Waals surface area contributed by atoms with E-state index in [1.807, 2.05) is 0 Å². The van der Waals surface area contributed by atoms with Gasteiger partial charge in [-0.15, -0.1) is 0 Å². The Bertz CT molecular complexity index is 353. The van der Waals surface area contributed by atoms with Gasteiger partial charge in [-0.2, -0.15) is 0 Å². The monoisotopic (exact) mass is 265 g/mol. The molecule has 0 aromatic carbocycles. The van der Waals surface area contributed by atoms with Crippen molar-refractivity contribution in [2.24, 2.45) is 22.1 Å². The number of aliphatic imine (C=N–C) groups is 1. The second kappa shape index (κ2) is 4.99. The van der Waals surface area contributed by atoms with E-state index in [0.717, 1.165) is 18.4 Å². The molecule has 0 bridgehead atoms. The third-order valence-corrected chi connectivity index (χ3v) is 5.19. The molecule has 2 aliphatic rings. The van der Waals surface area contributed by atoms with Crippen LogP contribution in [0.4, 0.5) is 0 Å². The summed E-state index contributed by atoms with van der Waals surface area (Å²) in [5, 5.41) is 0. The van der Waals surface area contributed by atoms with Gasteiger partial charge in [0.15, 0.2) is 5.96 Å². The lowest BCUT2D eigenvalue weighted by Gasteiger charge is -2.42. The highest BCUT2D eigenvalue weighted by atomic mass is 15.4. The van der Waals surface area contributed by atoms with E-state index in [9.17, 15) is 0 Å². The van der Waals surface area contributed by atoms with Crippen LogP contribution in [0.15, 0.2) is 4.99 Å². The second-order valence-electron chi connectivity index (χ2n) is 7.86. The molecule has 3 heteroatoms. The Hall–Kier alpha value is -0.730. The standard InChI is InChI=1S/C16H31N3/c1-12(2)19-14(17)18-11-16(19)9-6-7-13(8-10-16)15(3,4)5/h12-13H,6-11H2,1-5H3,(H2,17,18). The molecule has 1 fully saturated rings. The fraction of sp³-hybridized carbons (Fsp3) is 0.938. The van der Waals surface area contributed by atoms with Crippen molar-refractivity contribution >= 4 is 5.96 Å². The van der Waals surface area contributed by atoms with Crippen LogP contribution < -0.4 is 5.73 Å². The van der Waals surface area contributed by atoms with Crippen molar-refractivity contribution in [1.82, 2.24) is 4.90 Å². The van der Waals surface area contributed by atoms with Gasteiger partial charge in [0.25, 0.3) is 0 Å². The van der Waals surface area contributed by atoms with Gasteiger partial charge in [0.1, 0.15) is 0 Å². The predicted octanol–water partition coefficient (Wildman–Crippen LogP) is 3.39. The van der Waals surface area contributed by atoms with Crippen molar-refractivity contribution in [2.75, 3.05) is 6.54 Å². The summed E-state index contributed by atoms with van der Waals surface area (Å²) in [6, 6.07) is 0.456. The molecule has 0 saturated heterocycles. The quantitative estimate of drug-likeness (QED) is 0.789. The van der Waals surface area contributed by atoms with Gasteiger partial charge in [-0.1, -0.05) is 27.2 Å². The Labute approximate surface area is 118 Å². The predicted molar refractivity (Wildman–Crippen MR) is 82.2 cm³/mol. The van der Waals surface area contributed by atoms with E-state index < -0.39 is 0 Å². The van der Waals surface area contributed by atoms with Crippen molar-refractivity contribution < 1.29 is 0 Å². The minimum Gasteiger partial charge on any atom is -0.370 e. The van der Waals surface area contributed by atoms with Gasteiger partial charge in [0.05, 0.1) is 12.1 Å². The summed E-state index contributed by atoms with van der Waals surface area (Å²) < 4.78 is 0. The van der Waals surface area contributed by atoms with Gasteiger partial charge in [-0.05, 0) is 50.9 Å². The summed E-state index contributed by atoms with van der Waals surface area (Å²) in [7, 11) is 0. The summed E-state index contributed by atoms with van der Waals surface area (Å²) in [5.74, 6) is 1.60. The number of guanidine groups is 1. The molecule has 2 unspecified atom stereocenters. The first-order valence-corrected chi connectivity index (χ1v) is 7.85. The van der Waals surface area contributed by atoms with Crippen LogP contribution in [0.1, 0.15) is 66.7 Å². The van der Waals surface area contributed by atoms with Crippen LogP contribution in [0.25, 0.3) is 0 Å². The van der Waals surface area contributed by atoms with E-state index in [4.69, 9.17) is 5.73 Å². The Balaban J connectivity index is 2.14. The maximum Gasteiger partial charge on any atom is 0.192 e. The Morgan fingerprint density at radius 1 is 1.26 bits per heavy atom. The molecule has 2 N–H and O–H groups in total. The number of rotatable bonds is 1. The molecule has 0 amide bonds. The van der Waals surface area contributed by atoms with E-state index >= 15 is 0 Å². The smallest absolute Gasteiger partial charge is 0.192 e. The molecule has 1 spiro atoms. The van der Waals surface area contributed by atoms with Crippen molar-refractivity contribution in [3.05, 3.63) is 0 Å². The number of hydrogen-bond acceptors (Lipinski definition) is 3. The highest BCUT2D eigenvalue weighted by Gasteiger charge is 2.45. The Morgan fingerprint density at radius 2 is 1.95 bits per heavy atom. The summed E-state index contributed by atoms with van der Waals surface area (Å²) >= 11 is 0. The van der Waals surface area contributed by atoms with Gasteiger partial charge >= 0.3 is 0 Å².